The molecule has 0 amide bonds. The Balaban J connectivity index is 0.00000126. The summed E-state index contributed by atoms with van der Waals surface area (Å²) in [4.78, 5) is 13.6. The lowest BCUT2D eigenvalue weighted by Gasteiger charge is -2.37. The maximum atomic E-state index is 11.2. The molecule has 1 fully saturated rings. The van der Waals surface area contributed by atoms with E-state index in [1.807, 2.05) is 30.8 Å². The Kier molecular flexibility index (Phi) is 7.70. The van der Waals surface area contributed by atoms with Gasteiger partial charge in [0.25, 0.3) is 0 Å². The Labute approximate surface area is 161 Å². The van der Waals surface area contributed by atoms with E-state index >= 15 is 0 Å². The van der Waals surface area contributed by atoms with E-state index in [4.69, 9.17) is 4.74 Å². The van der Waals surface area contributed by atoms with E-state index in [0.717, 1.165) is 31.6 Å². The van der Waals surface area contributed by atoms with E-state index in [0.29, 0.717) is 24.7 Å². The van der Waals surface area contributed by atoms with E-state index in [9.17, 15) is 9.90 Å². The third-order valence-electron chi connectivity index (χ3n) is 4.65. The molecule has 6 heteroatoms. The Morgan fingerprint density at radius 3 is 2.78 bits per heavy atom. The molecule has 0 aliphatic carbocycles. The van der Waals surface area contributed by atoms with Crippen LogP contribution in [0.4, 0.5) is 5.82 Å². The number of aldehydes is 1. The highest BCUT2D eigenvalue weighted by molar-refractivity contribution is 5.83. The summed E-state index contributed by atoms with van der Waals surface area (Å²) in [7, 11) is 0. The molecule has 27 heavy (non-hydrogen) atoms. The highest BCUT2D eigenvalue weighted by atomic mass is 16.5. The number of carbonyl (C=O) groups is 1. The number of anilines is 1. The number of aromatic hydroxyl groups is 1. The summed E-state index contributed by atoms with van der Waals surface area (Å²) in [6, 6.07) is 7.44. The lowest BCUT2D eigenvalue weighted by atomic mass is 10.0. The number of aromatic nitrogens is 2. The Hall–Kier alpha value is -2.50. The summed E-state index contributed by atoms with van der Waals surface area (Å²) in [5.41, 5.74) is 0.206. The van der Waals surface area contributed by atoms with Crippen molar-refractivity contribution in [3.8, 4) is 11.5 Å². The van der Waals surface area contributed by atoms with Crippen molar-refractivity contribution in [2.24, 2.45) is 0 Å². The highest BCUT2D eigenvalue weighted by Gasteiger charge is 2.26. The summed E-state index contributed by atoms with van der Waals surface area (Å²) < 4.78 is 7.95. The summed E-state index contributed by atoms with van der Waals surface area (Å²) in [5.74, 6) is 1.48. The molecule has 0 spiro atoms. The fraction of sp³-hybridized carbons (Fsp3) is 0.524. The van der Waals surface area contributed by atoms with Crippen LogP contribution >= 0.6 is 0 Å². The van der Waals surface area contributed by atoms with Crippen molar-refractivity contribution >= 4 is 12.1 Å². The number of phenols is 1. The molecule has 3 rings (SSSR count). The largest absolute Gasteiger partial charge is 0.507 e. The lowest BCUT2D eigenvalue weighted by molar-refractivity contribution is 0.111. The smallest absolute Gasteiger partial charge is 0.157 e. The zero-order valence-corrected chi connectivity index (χ0v) is 16.8. The van der Waals surface area contributed by atoms with Gasteiger partial charge in [-0.05, 0) is 45.2 Å². The minimum atomic E-state index is -0.0501. The second-order valence-electron chi connectivity index (χ2n) is 6.69. The molecular weight excluding hydrogens is 342 g/mol. The number of benzene rings is 1. The first-order chi connectivity index (χ1) is 13.1. The molecule has 6 nitrogen and oxygen atoms in total. The van der Waals surface area contributed by atoms with Gasteiger partial charge in [-0.25, -0.2) is 4.68 Å². The van der Waals surface area contributed by atoms with Gasteiger partial charge in [0, 0.05) is 18.7 Å². The maximum absolute atomic E-state index is 11.2. The molecule has 0 bridgehead atoms. The standard InChI is InChI=1S/C19H25N3O3.C2H6/c1-14(2)22-19(9-10-20-22)21-11-4-3-6-15(21)13-25-18-8-5-7-17(24)16(18)12-23;1-2/h5,7-10,12,14-15,24H,3-4,6,11,13H2,1-2H3;1-2H3. The molecule has 1 aliphatic heterocycles. The average Bonchev–Trinajstić information content (AvgIpc) is 3.18. The SMILES string of the molecule is CC.CC(C)n1nccc1N1CCCCC1COc1cccc(O)c1C=O. The maximum Gasteiger partial charge on any atom is 0.157 e. The fourth-order valence-electron chi connectivity index (χ4n) is 3.37. The number of piperidine rings is 1. The van der Waals surface area contributed by atoms with Crippen LogP contribution in [0, 0.1) is 0 Å². The number of phenolic OH excluding ortho intramolecular Hbond substituents is 1. The van der Waals surface area contributed by atoms with Crippen LogP contribution in [0.3, 0.4) is 0 Å². The lowest BCUT2D eigenvalue weighted by Crippen LogP contribution is -2.44. The molecule has 2 heterocycles. The van der Waals surface area contributed by atoms with Gasteiger partial charge in [-0.3, -0.25) is 4.79 Å². The van der Waals surface area contributed by atoms with E-state index in [2.05, 4.69) is 23.8 Å². The van der Waals surface area contributed by atoms with Crippen LogP contribution in [-0.4, -0.2) is 40.4 Å². The molecule has 1 atom stereocenters. The zero-order valence-electron chi connectivity index (χ0n) is 16.8. The molecule has 1 aromatic carbocycles. The Bertz CT molecular complexity index is 727. The summed E-state index contributed by atoms with van der Waals surface area (Å²) >= 11 is 0. The molecule has 1 unspecified atom stereocenters. The molecule has 1 aromatic heterocycles. The van der Waals surface area contributed by atoms with Crippen LogP contribution in [0.15, 0.2) is 30.5 Å². The molecule has 0 radical (unpaired) electrons. The predicted molar refractivity (Wildman–Crippen MR) is 108 cm³/mol. The minimum Gasteiger partial charge on any atom is -0.507 e. The first kappa shape index (κ1) is 20.8. The van der Waals surface area contributed by atoms with E-state index < -0.39 is 0 Å². The monoisotopic (exact) mass is 373 g/mol. The van der Waals surface area contributed by atoms with Gasteiger partial charge in [-0.15, -0.1) is 0 Å². The van der Waals surface area contributed by atoms with Gasteiger partial charge < -0.3 is 14.7 Å². The van der Waals surface area contributed by atoms with Gasteiger partial charge in [-0.2, -0.15) is 5.10 Å². The average molecular weight is 373 g/mol. The number of rotatable bonds is 6. The van der Waals surface area contributed by atoms with Crippen LogP contribution in [-0.2, 0) is 0 Å². The summed E-state index contributed by atoms with van der Waals surface area (Å²) in [6.07, 6.45) is 5.80. The van der Waals surface area contributed by atoms with Crippen molar-refractivity contribution in [2.75, 3.05) is 18.1 Å². The number of ether oxygens (including phenoxy) is 1. The van der Waals surface area contributed by atoms with Crippen molar-refractivity contribution in [1.29, 1.82) is 0 Å². The zero-order chi connectivity index (χ0) is 19.8. The first-order valence-electron chi connectivity index (χ1n) is 9.82. The number of hydrogen-bond acceptors (Lipinski definition) is 5. The number of nitrogens with zero attached hydrogens (tertiary/aromatic N) is 3. The molecule has 1 aliphatic rings. The summed E-state index contributed by atoms with van der Waals surface area (Å²) in [6.45, 7) is 9.67. The van der Waals surface area contributed by atoms with Crippen molar-refractivity contribution in [3.05, 3.63) is 36.0 Å². The molecule has 2 aromatic rings. The second kappa shape index (κ2) is 10.00. The van der Waals surface area contributed by atoms with Gasteiger partial charge in [0.05, 0.1) is 17.8 Å². The van der Waals surface area contributed by atoms with Crippen molar-refractivity contribution in [1.82, 2.24) is 9.78 Å². The van der Waals surface area contributed by atoms with Crippen LogP contribution in [0.25, 0.3) is 0 Å². The predicted octanol–water partition coefficient (Wildman–Crippen LogP) is 4.45. The Morgan fingerprint density at radius 1 is 1.30 bits per heavy atom. The van der Waals surface area contributed by atoms with E-state index in [-0.39, 0.29) is 17.4 Å². The van der Waals surface area contributed by atoms with Crippen molar-refractivity contribution in [3.63, 3.8) is 0 Å². The fourth-order valence-corrected chi connectivity index (χ4v) is 3.37. The van der Waals surface area contributed by atoms with E-state index in [1.54, 1.807) is 12.1 Å². The van der Waals surface area contributed by atoms with Gasteiger partial charge in [0.15, 0.2) is 6.29 Å². The van der Waals surface area contributed by atoms with Gasteiger partial charge in [0.2, 0.25) is 0 Å². The molecule has 148 valence electrons. The quantitative estimate of drug-likeness (QED) is 0.758. The molecular formula is C21H31N3O3. The van der Waals surface area contributed by atoms with Gasteiger partial charge in [0.1, 0.15) is 23.9 Å². The third kappa shape index (κ3) is 4.81. The number of hydrogen-bond donors (Lipinski definition) is 1. The summed E-state index contributed by atoms with van der Waals surface area (Å²) in [5, 5.41) is 14.2. The first-order valence-corrected chi connectivity index (χ1v) is 9.82. The van der Waals surface area contributed by atoms with Gasteiger partial charge >= 0.3 is 0 Å². The van der Waals surface area contributed by atoms with Gasteiger partial charge in [-0.1, -0.05) is 19.9 Å². The van der Waals surface area contributed by atoms with Crippen LogP contribution in [0.2, 0.25) is 0 Å². The minimum absolute atomic E-state index is 0.0501. The normalized spacial score (nSPS) is 16.6. The van der Waals surface area contributed by atoms with E-state index in [1.165, 1.54) is 6.07 Å². The third-order valence-corrected chi connectivity index (χ3v) is 4.65. The number of carbonyl (C=O) groups excluding carboxylic acids is 1. The molecule has 0 saturated carbocycles. The van der Waals surface area contributed by atoms with Crippen molar-refractivity contribution < 1.29 is 14.6 Å². The molecule has 1 saturated heterocycles. The van der Waals surface area contributed by atoms with Crippen LogP contribution < -0.4 is 9.64 Å². The Morgan fingerprint density at radius 2 is 2.07 bits per heavy atom. The van der Waals surface area contributed by atoms with Crippen LogP contribution in [0.5, 0.6) is 11.5 Å². The highest BCUT2D eigenvalue weighted by Crippen LogP contribution is 2.29. The van der Waals surface area contributed by atoms with Crippen molar-refractivity contribution in [2.45, 2.75) is 59.0 Å². The second-order valence-corrected chi connectivity index (χ2v) is 6.69. The van der Waals surface area contributed by atoms with Crippen LogP contribution in [0.1, 0.15) is 63.4 Å². The molecule has 1 N–H and O–H groups in total. The topological polar surface area (TPSA) is 67.6 Å².